The van der Waals surface area contributed by atoms with E-state index in [1.807, 2.05) is 20.8 Å². The molecule has 0 bridgehead atoms. The maximum Gasteiger partial charge on any atom is 0.251 e. The second kappa shape index (κ2) is 8.03. The van der Waals surface area contributed by atoms with Crippen molar-refractivity contribution < 1.29 is 9.59 Å². The molecule has 0 radical (unpaired) electrons. The Labute approximate surface area is 103 Å². The Kier molecular flexibility index (Phi) is 7.49. The lowest BCUT2D eigenvalue weighted by Crippen LogP contribution is -2.52. The van der Waals surface area contributed by atoms with E-state index < -0.39 is 6.04 Å². The number of amides is 2. The standard InChI is InChI=1S/C11H24N4O2/c1-5-6-13-9(16)7-15(4)10(8(2)3)11(17)14-12/h8,10H,5-7,12H2,1-4H3,(H,13,16)(H,14,17). The van der Waals surface area contributed by atoms with Crippen LogP contribution in [-0.2, 0) is 9.59 Å². The molecule has 0 saturated carbocycles. The third-order valence-corrected chi connectivity index (χ3v) is 2.48. The van der Waals surface area contributed by atoms with E-state index in [1.165, 1.54) is 0 Å². The quantitative estimate of drug-likeness (QED) is 0.319. The molecular formula is C11H24N4O2. The maximum atomic E-state index is 11.6. The van der Waals surface area contributed by atoms with Gasteiger partial charge in [-0.3, -0.25) is 19.9 Å². The zero-order valence-corrected chi connectivity index (χ0v) is 11.1. The minimum Gasteiger partial charge on any atom is -0.355 e. The molecule has 2 amide bonds. The Balaban J connectivity index is 4.37. The molecule has 0 aliphatic heterocycles. The van der Waals surface area contributed by atoms with Crippen molar-refractivity contribution in [1.29, 1.82) is 0 Å². The first-order valence-electron chi connectivity index (χ1n) is 5.91. The van der Waals surface area contributed by atoms with Crippen LogP contribution in [-0.4, -0.2) is 42.9 Å². The monoisotopic (exact) mass is 244 g/mol. The average Bonchev–Trinajstić information content (AvgIpc) is 2.25. The van der Waals surface area contributed by atoms with Crippen LogP contribution >= 0.6 is 0 Å². The fraction of sp³-hybridized carbons (Fsp3) is 0.818. The molecule has 0 aromatic heterocycles. The molecule has 4 N–H and O–H groups in total. The summed E-state index contributed by atoms with van der Waals surface area (Å²) in [5.41, 5.74) is 2.13. The molecule has 0 heterocycles. The van der Waals surface area contributed by atoms with E-state index in [0.29, 0.717) is 6.54 Å². The molecule has 0 saturated heterocycles. The first kappa shape index (κ1) is 15.9. The van der Waals surface area contributed by atoms with E-state index in [-0.39, 0.29) is 24.3 Å². The number of likely N-dealkylation sites (N-methyl/N-ethyl adjacent to an activating group) is 1. The van der Waals surface area contributed by atoms with Crippen molar-refractivity contribution in [3.63, 3.8) is 0 Å². The van der Waals surface area contributed by atoms with Gasteiger partial charge in [0, 0.05) is 6.54 Å². The van der Waals surface area contributed by atoms with Crippen LogP contribution in [0.25, 0.3) is 0 Å². The summed E-state index contributed by atoms with van der Waals surface area (Å²) in [5.74, 6) is 4.87. The van der Waals surface area contributed by atoms with Crippen molar-refractivity contribution in [2.24, 2.45) is 11.8 Å². The highest BCUT2D eigenvalue weighted by Gasteiger charge is 2.26. The van der Waals surface area contributed by atoms with Gasteiger partial charge in [0.25, 0.3) is 5.91 Å². The van der Waals surface area contributed by atoms with Crippen LogP contribution in [0.15, 0.2) is 0 Å². The summed E-state index contributed by atoms with van der Waals surface area (Å²) in [6.45, 7) is 6.67. The van der Waals surface area contributed by atoms with Gasteiger partial charge in [0.1, 0.15) is 0 Å². The van der Waals surface area contributed by atoms with Gasteiger partial charge in [-0.15, -0.1) is 0 Å². The Morgan fingerprint density at radius 1 is 1.35 bits per heavy atom. The van der Waals surface area contributed by atoms with Gasteiger partial charge in [-0.25, -0.2) is 5.84 Å². The first-order valence-corrected chi connectivity index (χ1v) is 5.91. The molecule has 0 aromatic rings. The molecule has 0 rings (SSSR count). The second-order valence-corrected chi connectivity index (χ2v) is 4.46. The smallest absolute Gasteiger partial charge is 0.251 e. The van der Waals surface area contributed by atoms with Crippen LogP contribution in [0, 0.1) is 5.92 Å². The minimum atomic E-state index is -0.396. The Morgan fingerprint density at radius 2 is 1.94 bits per heavy atom. The lowest BCUT2D eigenvalue weighted by Gasteiger charge is -2.28. The lowest BCUT2D eigenvalue weighted by atomic mass is 10.0. The van der Waals surface area contributed by atoms with Gasteiger partial charge in [-0.1, -0.05) is 20.8 Å². The predicted molar refractivity (Wildman–Crippen MR) is 66.9 cm³/mol. The molecule has 0 fully saturated rings. The normalized spacial score (nSPS) is 12.6. The highest BCUT2D eigenvalue weighted by Crippen LogP contribution is 2.08. The van der Waals surface area contributed by atoms with E-state index in [2.05, 4.69) is 10.7 Å². The molecular weight excluding hydrogens is 220 g/mol. The van der Waals surface area contributed by atoms with Crippen molar-refractivity contribution in [3.8, 4) is 0 Å². The Bertz CT molecular complexity index is 256. The Morgan fingerprint density at radius 3 is 2.35 bits per heavy atom. The zero-order valence-electron chi connectivity index (χ0n) is 11.1. The number of nitrogens with two attached hydrogens (primary N) is 1. The van der Waals surface area contributed by atoms with Crippen LogP contribution in [0.1, 0.15) is 27.2 Å². The molecule has 6 nitrogen and oxygen atoms in total. The second-order valence-electron chi connectivity index (χ2n) is 4.46. The molecule has 17 heavy (non-hydrogen) atoms. The number of hydrogen-bond acceptors (Lipinski definition) is 4. The number of hydrazine groups is 1. The third kappa shape index (κ3) is 5.65. The van der Waals surface area contributed by atoms with Crippen molar-refractivity contribution in [3.05, 3.63) is 0 Å². The fourth-order valence-corrected chi connectivity index (χ4v) is 1.74. The highest BCUT2D eigenvalue weighted by atomic mass is 16.2. The zero-order chi connectivity index (χ0) is 13.4. The van der Waals surface area contributed by atoms with E-state index in [1.54, 1.807) is 11.9 Å². The summed E-state index contributed by atoms with van der Waals surface area (Å²) in [4.78, 5) is 24.8. The van der Waals surface area contributed by atoms with Gasteiger partial charge >= 0.3 is 0 Å². The Hall–Kier alpha value is -1.14. The summed E-state index contributed by atoms with van der Waals surface area (Å²) < 4.78 is 0. The lowest BCUT2D eigenvalue weighted by molar-refractivity contribution is -0.129. The number of nitrogens with zero attached hydrogens (tertiary/aromatic N) is 1. The van der Waals surface area contributed by atoms with Crippen molar-refractivity contribution in [2.75, 3.05) is 20.1 Å². The number of carbonyl (C=O) groups excluding carboxylic acids is 2. The van der Waals surface area contributed by atoms with Gasteiger partial charge in [0.15, 0.2) is 0 Å². The van der Waals surface area contributed by atoms with E-state index >= 15 is 0 Å². The van der Waals surface area contributed by atoms with Gasteiger partial charge in [-0.2, -0.15) is 0 Å². The largest absolute Gasteiger partial charge is 0.355 e. The van der Waals surface area contributed by atoms with E-state index in [0.717, 1.165) is 6.42 Å². The third-order valence-electron chi connectivity index (χ3n) is 2.48. The summed E-state index contributed by atoms with van der Waals surface area (Å²) in [6, 6.07) is -0.396. The van der Waals surface area contributed by atoms with Crippen molar-refractivity contribution >= 4 is 11.8 Å². The van der Waals surface area contributed by atoms with Gasteiger partial charge < -0.3 is 5.32 Å². The first-order chi connectivity index (χ1) is 7.93. The summed E-state index contributed by atoms with van der Waals surface area (Å²) in [5, 5.41) is 2.77. The molecule has 1 atom stereocenters. The number of nitrogens with one attached hydrogen (secondary N) is 2. The van der Waals surface area contributed by atoms with Crippen LogP contribution in [0.5, 0.6) is 0 Å². The van der Waals surface area contributed by atoms with E-state index in [9.17, 15) is 9.59 Å². The number of carbonyl (C=O) groups is 2. The highest BCUT2D eigenvalue weighted by molar-refractivity contribution is 5.83. The molecule has 1 unspecified atom stereocenters. The van der Waals surface area contributed by atoms with E-state index in [4.69, 9.17) is 5.84 Å². The van der Waals surface area contributed by atoms with Crippen molar-refractivity contribution in [1.82, 2.24) is 15.6 Å². The van der Waals surface area contributed by atoms with Crippen LogP contribution < -0.4 is 16.6 Å². The van der Waals surface area contributed by atoms with Crippen LogP contribution in [0.2, 0.25) is 0 Å². The van der Waals surface area contributed by atoms with Crippen LogP contribution in [0.4, 0.5) is 0 Å². The minimum absolute atomic E-state index is 0.0789. The molecule has 0 aromatic carbocycles. The number of hydrogen-bond donors (Lipinski definition) is 3. The summed E-state index contributed by atoms with van der Waals surface area (Å²) in [7, 11) is 1.74. The summed E-state index contributed by atoms with van der Waals surface area (Å²) in [6.07, 6.45) is 0.895. The average molecular weight is 244 g/mol. The molecule has 0 spiro atoms. The number of rotatable bonds is 7. The molecule has 0 aliphatic rings. The molecule has 100 valence electrons. The van der Waals surface area contributed by atoms with Gasteiger partial charge in [0.2, 0.25) is 5.91 Å². The molecule has 0 aliphatic carbocycles. The van der Waals surface area contributed by atoms with Gasteiger partial charge in [-0.05, 0) is 19.4 Å². The van der Waals surface area contributed by atoms with Crippen LogP contribution in [0.3, 0.4) is 0 Å². The van der Waals surface area contributed by atoms with Crippen molar-refractivity contribution in [2.45, 2.75) is 33.2 Å². The maximum absolute atomic E-state index is 11.6. The predicted octanol–water partition coefficient (Wildman–Crippen LogP) is -0.541. The SMILES string of the molecule is CCCNC(=O)CN(C)C(C(=O)NN)C(C)C. The topological polar surface area (TPSA) is 87.5 Å². The molecule has 6 heteroatoms. The fourth-order valence-electron chi connectivity index (χ4n) is 1.74. The summed E-state index contributed by atoms with van der Waals surface area (Å²) >= 11 is 0. The van der Waals surface area contributed by atoms with Gasteiger partial charge in [0.05, 0.1) is 12.6 Å².